The van der Waals surface area contributed by atoms with Gasteiger partial charge in [-0.25, -0.2) is 4.79 Å². The van der Waals surface area contributed by atoms with Crippen LogP contribution in [-0.4, -0.2) is 30.7 Å². The molecule has 4 rings (SSSR count). The summed E-state index contributed by atoms with van der Waals surface area (Å²) < 4.78 is 5.86. The number of nitrogens with zero attached hydrogens (tertiary/aromatic N) is 1. The highest BCUT2D eigenvalue weighted by Crippen LogP contribution is 2.44. The van der Waals surface area contributed by atoms with Crippen LogP contribution in [0.3, 0.4) is 0 Å². The van der Waals surface area contributed by atoms with Gasteiger partial charge in [-0.1, -0.05) is 74.7 Å². The van der Waals surface area contributed by atoms with Crippen LogP contribution in [-0.2, 0) is 4.74 Å². The minimum atomic E-state index is -0.181. The van der Waals surface area contributed by atoms with Gasteiger partial charge in [0.25, 0.3) is 0 Å². The number of carbonyl (C=O) groups excluding carboxylic acids is 1. The molecule has 0 N–H and O–H groups in total. The van der Waals surface area contributed by atoms with Crippen molar-refractivity contribution in [3.63, 3.8) is 0 Å². The average Bonchev–Trinajstić information content (AvgIpc) is 3.07. The van der Waals surface area contributed by atoms with Gasteiger partial charge < -0.3 is 9.64 Å². The topological polar surface area (TPSA) is 29.5 Å². The van der Waals surface area contributed by atoms with E-state index in [1.54, 1.807) is 0 Å². The van der Waals surface area contributed by atoms with Crippen LogP contribution in [0.5, 0.6) is 0 Å². The van der Waals surface area contributed by atoms with E-state index in [-0.39, 0.29) is 18.1 Å². The van der Waals surface area contributed by atoms with Gasteiger partial charge in [0.1, 0.15) is 6.61 Å². The second-order valence-electron chi connectivity index (χ2n) is 8.29. The maximum atomic E-state index is 12.9. The lowest BCUT2D eigenvalue weighted by Crippen LogP contribution is -2.42. The van der Waals surface area contributed by atoms with E-state index in [0.717, 1.165) is 6.42 Å². The molecular formula is C25H31NO2. The number of amides is 1. The molecule has 2 aromatic carbocycles. The van der Waals surface area contributed by atoms with Crippen molar-refractivity contribution < 1.29 is 9.53 Å². The highest BCUT2D eigenvalue weighted by Gasteiger charge is 2.32. The van der Waals surface area contributed by atoms with Crippen molar-refractivity contribution >= 4 is 6.09 Å². The Bertz CT molecular complexity index is 779. The van der Waals surface area contributed by atoms with Crippen molar-refractivity contribution in [1.82, 2.24) is 4.90 Å². The monoisotopic (exact) mass is 377 g/mol. The van der Waals surface area contributed by atoms with E-state index in [4.69, 9.17) is 4.74 Å². The summed E-state index contributed by atoms with van der Waals surface area (Å²) in [5, 5.41) is 0. The molecule has 148 valence electrons. The second-order valence-corrected chi connectivity index (χ2v) is 8.29. The first-order valence-corrected chi connectivity index (χ1v) is 10.8. The smallest absolute Gasteiger partial charge is 0.409 e. The van der Waals surface area contributed by atoms with Crippen LogP contribution < -0.4 is 0 Å². The normalized spacial score (nSPS) is 17.6. The zero-order chi connectivity index (χ0) is 19.5. The molecule has 1 atom stereocenters. The lowest BCUT2D eigenvalue weighted by atomic mass is 9.82. The van der Waals surface area contributed by atoms with Crippen LogP contribution in [0.4, 0.5) is 4.79 Å². The second kappa shape index (κ2) is 8.38. The Morgan fingerprint density at radius 2 is 1.57 bits per heavy atom. The molecule has 0 aliphatic heterocycles. The molecule has 0 radical (unpaired) electrons. The lowest BCUT2D eigenvalue weighted by Gasteiger charge is -2.35. The number of carbonyl (C=O) groups is 1. The highest BCUT2D eigenvalue weighted by atomic mass is 16.6. The van der Waals surface area contributed by atoms with E-state index in [9.17, 15) is 4.79 Å². The van der Waals surface area contributed by atoms with Crippen molar-refractivity contribution in [1.29, 1.82) is 0 Å². The number of ether oxygens (including phenoxy) is 1. The zero-order valence-electron chi connectivity index (χ0n) is 17.1. The first-order valence-electron chi connectivity index (χ1n) is 10.8. The third-order valence-corrected chi connectivity index (χ3v) is 6.73. The van der Waals surface area contributed by atoms with Crippen molar-refractivity contribution in [3.05, 3.63) is 59.7 Å². The van der Waals surface area contributed by atoms with Gasteiger partial charge in [-0.05, 0) is 47.4 Å². The Kier molecular flexibility index (Phi) is 5.70. The van der Waals surface area contributed by atoms with Gasteiger partial charge >= 0.3 is 6.09 Å². The molecule has 1 saturated carbocycles. The Morgan fingerprint density at radius 1 is 1.00 bits per heavy atom. The first kappa shape index (κ1) is 19.0. The first-order chi connectivity index (χ1) is 13.7. The molecule has 0 aromatic heterocycles. The van der Waals surface area contributed by atoms with Gasteiger partial charge in [-0.3, -0.25) is 0 Å². The number of fused-ring (bicyclic) bond motifs is 3. The van der Waals surface area contributed by atoms with Crippen molar-refractivity contribution in [3.8, 4) is 11.1 Å². The van der Waals surface area contributed by atoms with E-state index < -0.39 is 0 Å². The Balaban J connectivity index is 1.46. The van der Waals surface area contributed by atoms with Gasteiger partial charge in [0.05, 0.1) is 0 Å². The Morgan fingerprint density at radius 3 is 2.14 bits per heavy atom. The largest absolute Gasteiger partial charge is 0.448 e. The third-order valence-electron chi connectivity index (χ3n) is 6.73. The Hall–Kier alpha value is -2.29. The minimum Gasteiger partial charge on any atom is -0.448 e. The zero-order valence-corrected chi connectivity index (χ0v) is 17.1. The molecule has 2 aromatic rings. The fraction of sp³-hybridized carbons (Fsp3) is 0.480. The predicted molar refractivity (Wildman–Crippen MR) is 113 cm³/mol. The SMILES string of the molecule is CC[C@@H](C1CCCCC1)N(C)C(=O)OCC1c2ccccc2-c2ccccc21. The summed E-state index contributed by atoms with van der Waals surface area (Å²) in [6.45, 7) is 2.59. The molecule has 3 nitrogen and oxygen atoms in total. The van der Waals surface area contributed by atoms with Gasteiger partial charge in [0.15, 0.2) is 0 Å². The highest BCUT2D eigenvalue weighted by molar-refractivity contribution is 5.79. The fourth-order valence-electron chi connectivity index (χ4n) is 5.27. The number of benzene rings is 2. The average molecular weight is 378 g/mol. The summed E-state index contributed by atoms with van der Waals surface area (Å²) in [6.07, 6.45) is 7.20. The molecule has 0 bridgehead atoms. The van der Waals surface area contributed by atoms with Crippen LogP contribution in [0.15, 0.2) is 48.5 Å². The standard InChI is InChI=1S/C25H31NO2/c1-3-24(18-11-5-4-6-12-18)26(2)25(27)28-17-23-21-15-9-7-13-19(21)20-14-8-10-16-22(20)23/h7-10,13-16,18,23-24H,3-6,11-12,17H2,1-2H3/t24-/m0/s1. The van der Waals surface area contributed by atoms with Crippen molar-refractivity contribution in [2.75, 3.05) is 13.7 Å². The molecule has 3 heteroatoms. The summed E-state index contributed by atoms with van der Waals surface area (Å²) in [7, 11) is 1.92. The molecule has 2 aliphatic rings. The van der Waals surface area contributed by atoms with E-state index >= 15 is 0 Å². The van der Waals surface area contributed by atoms with Gasteiger partial charge in [-0.15, -0.1) is 0 Å². The summed E-state index contributed by atoms with van der Waals surface area (Å²) >= 11 is 0. The molecular weight excluding hydrogens is 346 g/mol. The van der Waals surface area contributed by atoms with Crippen LogP contribution in [0, 0.1) is 5.92 Å². The van der Waals surface area contributed by atoms with Gasteiger partial charge in [0.2, 0.25) is 0 Å². The van der Waals surface area contributed by atoms with E-state index in [1.807, 2.05) is 11.9 Å². The molecule has 1 fully saturated rings. The predicted octanol–water partition coefficient (Wildman–Crippen LogP) is 6.23. The summed E-state index contributed by atoms with van der Waals surface area (Å²) in [5.41, 5.74) is 5.05. The maximum Gasteiger partial charge on any atom is 0.409 e. The maximum absolute atomic E-state index is 12.9. The van der Waals surface area contributed by atoms with Crippen LogP contribution >= 0.6 is 0 Å². The summed E-state index contributed by atoms with van der Waals surface area (Å²) in [6, 6.07) is 17.2. The van der Waals surface area contributed by atoms with Crippen LogP contribution in [0.2, 0.25) is 0 Å². The third kappa shape index (κ3) is 3.55. The minimum absolute atomic E-state index is 0.125. The molecule has 2 aliphatic carbocycles. The molecule has 0 unspecified atom stereocenters. The molecule has 28 heavy (non-hydrogen) atoms. The van der Waals surface area contributed by atoms with Gasteiger partial charge in [-0.2, -0.15) is 0 Å². The van der Waals surface area contributed by atoms with Crippen molar-refractivity contribution in [2.24, 2.45) is 5.92 Å². The molecule has 0 spiro atoms. The molecule has 1 amide bonds. The lowest BCUT2D eigenvalue weighted by molar-refractivity contribution is 0.0743. The number of hydrogen-bond acceptors (Lipinski definition) is 2. The molecule has 0 heterocycles. The molecule has 0 saturated heterocycles. The van der Waals surface area contributed by atoms with E-state index in [1.165, 1.54) is 54.4 Å². The summed E-state index contributed by atoms with van der Waals surface area (Å²) in [4.78, 5) is 14.7. The van der Waals surface area contributed by atoms with E-state index in [2.05, 4.69) is 55.5 Å². The van der Waals surface area contributed by atoms with Crippen LogP contribution in [0.25, 0.3) is 11.1 Å². The van der Waals surface area contributed by atoms with Crippen molar-refractivity contribution in [2.45, 2.75) is 57.4 Å². The van der Waals surface area contributed by atoms with Gasteiger partial charge in [0, 0.05) is 19.0 Å². The number of hydrogen-bond donors (Lipinski definition) is 0. The summed E-state index contributed by atoms with van der Waals surface area (Å²) in [5.74, 6) is 0.740. The van der Waals surface area contributed by atoms with Crippen LogP contribution in [0.1, 0.15) is 62.5 Å². The quantitative estimate of drug-likeness (QED) is 0.618. The fourth-order valence-corrected chi connectivity index (χ4v) is 5.27. The van der Waals surface area contributed by atoms with E-state index in [0.29, 0.717) is 12.5 Å². The Labute approximate surface area is 168 Å². The number of rotatable bonds is 5.